The minimum absolute atomic E-state index is 0.516. The summed E-state index contributed by atoms with van der Waals surface area (Å²) in [6, 6.07) is 8.41. The predicted octanol–water partition coefficient (Wildman–Crippen LogP) is 2.84. The van der Waals surface area contributed by atoms with E-state index in [9.17, 15) is 0 Å². The number of aromatic nitrogens is 1. The fraction of sp³-hybridized carbons (Fsp3) is 0.462. The van der Waals surface area contributed by atoms with Crippen LogP contribution >= 0.6 is 11.3 Å². The topological polar surface area (TPSA) is 24.9 Å². The highest BCUT2D eigenvalue weighted by atomic mass is 32.1. The van der Waals surface area contributed by atoms with E-state index in [0.29, 0.717) is 5.41 Å². The molecule has 2 aromatic rings. The number of benzene rings is 1. The Bertz CT molecular complexity index is 466. The zero-order valence-corrected chi connectivity index (χ0v) is 10.3. The summed E-state index contributed by atoms with van der Waals surface area (Å²) in [5, 5.41) is 4.60. The second kappa shape index (κ2) is 3.82. The summed E-state index contributed by atoms with van der Waals surface area (Å²) < 4.78 is 1.32. The van der Waals surface area contributed by atoms with Gasteiger partial charge in [-0.15, -0.1) is 11.3 Å². The molecule has 1 N–H and O–H groups in total. The molecule has 0 spiro atoms. The Morgan fingerprint density at radius 2 is 2.19 bits per heavy atom. The molecule has 3 heteroatoms. The van der Waals surface area contributed by atoms with Gasteiger partial charge in [0.2, 0.25) is 0 Å². The number of nitrogens with zero attached hydrogens (tertiary/aromatic N) is 1. The Labute approximate surface area is 99.7 Å². The van der Waals surface area contributed by atoms with Crippen LogP contribution in [0.5, 0.6) is 0 Å². The predicted molar refractivity (Wildman–Crippen MR) is 68.9 cm³/mol. The smallest absolute Gasteiger partial charge is 0.0944 e. The maximum absolute atomic E-state index is 4.71. The van der Waals surface area contributed by atoms with Gasteiger partial charge in [-0.05, 0) is 37.4 Å². The molecule has 0 atom stereocenters. The Balaban J connectivity index is 1.84. The van der Waals surface area contributed by atoms with E-state index in [-0.39, 0.29) is 0 Å². The highest BCUT2D eigenvalue weighted by Gasteiger charge is 2.42. The Kier molecular flexibility index (Phi) is 2.45. The van der Waals surface area contributed by atoms with Crippen molar-refractivity contribution >= 4 is 21.6 Å². The Hall–Kier alpha value is -0.930. The minimum Gasteiger partial charge on any atom is -0.319 e. The lowest BCUT2D eigenvalue weighted by Crippen LogP contribution is -2.21. The molecule has 1 aliphatic carbocycles. The third-order valence-corrected chi connectivity index (χ3v) is 4.41. The van der Waals surface area contributed by atoms with Crippen molar-refractivity contribution in [1.82, 2.24) is 10.3 Å². The number of thiazole rings is 1. The van der Waals surface area contributed by atoms with E-state index in [2.05, 4.69) is 29.6 Å². The first kappa shape index (κ1) is 10.2. The maximum Gasteiger partial charge on any atom is 0.0944 e. The summed E-state index contributed by atoms with van der Waals surface area (Å²) in [6.45, 7) is 1.13. The van der Waals surface area contributed by atoms with Crippen molar-refractivity contribution in [1.29, 1.82) is 0 Å². The summed E-state index contributed by atoms with van der Waals surface area (Å²) in [6.07, 6.45) is 3.85. The van der Waals surface area contributed by atoms with Gasteiger partial charge in [0.05, 0.1) is 15.2 Å². The van der Waals surface area contributed by atoms with Gasteiger partial charge in [-0.1, -0.05) is 12.1 Å². The van der Waals surface area contributed by atoms with Crippen LogP contribution in [0.3, 0.4) is 0 Å². The molecular weight excluding hydrogens is 216 g/mol. The van der Waals surface area contributed by atoms with Crippen LogP contribution in [0.1, 0.15) is 17.8 Å². The first-order valence-corrected chi connectivity index (χ1v) is 6.62. The number of para-hydroxylation sites is 1. The molecular formula is C13H16N2S. The van der Waals surface area contributed by atoms with Gasteiger partial charge in [0, 0.05) is 13.0 Å². The van der Waals surface area contributed by atoms with Crippen molar-refractivity contribution in [3.63, 3.8) is 0 Å². The second-order valence-corrected chi connectivity index (χ2v) is 5.90. The molecule has 2 nitrogen and oxygen atoms in total. The van der Waals surface area contributed by atoms with E-state index in [1.807, 2.05) is 18.4 Å². The fourth-order valence-corrected chi connectivity index (χ4v) is 3.43. The monoisotopic (exact) mass is 232 g/mol. The highest BCUT2D eigenvalue weighted by Crippen LogP contribution is 2.48. The second-order valence-electron chi connectivity index (χ2n) is 4.78. The summed E-state index contributed by atoms with van der Waals surface area (Å²) in [5.74, 6) is 0. The standard InChI is InChI=1S/C13H16N2S/c1-14-9-13(6-7-13)8-12-15-10-4-2-3-5-11(10)16-12/h2-5,14H,6-9H2,1H3. The lowest BCUT2D eigenvalue weighted by atomic mass is 10.0. The van der Waals surface area contributed by atoms with Gasteiger partial charge < -0.3 is 5.32 Å². The van der Waals surface area contributed by atoms with Gasteiger partial charge in [-0.3, -0.25) is 0 Å². The van der Waals surface area contributed by atoms with Crippen molar-refractivity contribution < 1.29 is 0 Å². The molecule has 1 heterocycles. The average molecular weight is 232 g/mol. The van der Waals surface area contributed by atoms with Crippen molar-refractivity contribution in [2.75, 3.05) is 13.6 Å². The molecule has 3 rings (SSSR count). The number of nitrogens with one attached hydrogen (secondary N) is 1. The molecule has 0 bridgehead atoms. The SMILES string of the molecule is CNCC1(Cc2nc3ccccc3s2)CC1. The van der Waals surface area contributed by atoms with E-state index >= 15 is 0 Å². The molecule has 0 saturated heterocycles. The molecule has 1 aromatic carbocycles. The Morgan fingerprint density at radius 3 is 2.88 bits per heavy atom. The van der Waals surface area contributed by atoms with E-state index in [4.69, 9.17) is 4.98 Å². The molecule has 1 saturated carbocycles. The first-order chi connectivity index (χ1) is 7.81. The lowest BCUT2D eigenvalue weighted by molar-refractivity contribution is 0.477. The van der Waals surface area contributed by atoms with E-state index in [1.165, 1.54) is 22.5 Å². The molecule has 1 aromatic heterocycles. The zero-order chi connectivity index (χ0) is 11.0. The van der Waals surface area contributed by atoms with Crippen molar-refractivity contribution in [2.24, 2.45) is 5.41 Å². The van der Waals surface area contributed by atoms with Crippen LogP contribution in [0, 0.1) is 5.41 Å². The van der Waals surface area contributed by atoms with Gasteiger partial charge in [0.25, 0.3) is 0 Å². The maximum atomic E-state index is 4.71. The third-order valence-electron chi connectivity index (χ3n) is 3.37. The fourth-order valence-electron chi connectivity index (χ4n) is 2.28. The molecule has 1 aliphatic rings. The summed E-state index contributed by atoms with van der Waals surface area (Å²) in [5.41, 5.74) is 1.67. The van der Waals surface area contributed by atoms with Gasteiger partial charge in [0.1, 0.15) is 0 Å². The van der Waals surface area contributed by atoms with E-state index in [0.717, 1.165) is 18.5 Å². The minimum atomic E-state index is 0.516. The van der Waals surface area contributed by atoms with Gasteiger partial charge in [0.15, 0.2) is 0 Å². The van der Waals surface area contributed by atoms with Crippen molar-refractivity contribution in [3.8, 4) is 0 Å². The van der Waals surface area contributed by atoms with Gasteiger partial charge >= 0.3 is 0 Å². The molecule has 0 aliphatic heterocycles. The van der Waals surface area contributed by atoms with Crippen LogP contribution in [-0.4, -0.2) is 18.6 Å². The molecule has 16 heavy (non-hydrogen) atoms. The molecule has 0 radical (unpaired) electrons. The van der Waals surface area contributed by atoms with Crippen LogP contribution in [0.4, 0.5) is 0 Å². The summed E-state index contributed by atoms with van der Waals surface area (Å²) >= 11 is 1.85. The quantitative estimate of drug-likeness (QED) is 0.876. The van der Waals surface area contributed by atoms with Crippen LogP contribution in [-0.2, 0) is 6.42 Å². The van der Waals surface area contributed by atoms with Gasteiger partial charge in [-0.2, -0.15) is 0 Å². The van der Waals surface area contributed by atoms with Crippen LogP contribution in [0.15, 0.2) is 24.3 Å². The van der Waals surface area contributed by atoms with Gasteiger partial charge in [-0.25, -0.2) is 4.98 Å². The zero-order valence-electron chi connectivity index (χ0n) is 9.49. The van der Waals surface area contributed by atoms with Crippen LogP contribution < -0.4 is 5.32 Å². The first-order valence-electron chi connectivity index (χ1n) is 5.80. The third kappa shape index (κ3) is 1.85. The number of hydrogen-bond donors (Lipinski definition) is 1. The van der Waals surface area contributed by atoms with Crippen LogP contribution in [0.25, 0.3) is 10.2 Å². The van der Waals surface area contributed by atoms with E-state index < -0.39 is 0 Å². The van der Waals surface area contributed by atoms with E-state index in [1.54, 1.807) is 0 Å². The number of hydrogen-bond acceptors (Lipinski definition) is 3. The van der Waals surface area contributed by atoms with Crippen LogP contribution in [0.2, 0.25) is 0 Å². The lowest BCUT2D eigenvalue weighted by Gasteiger charge is -2.11. The summed E-state index contributed by atoms with van der Waals surface area (Å²) in [7, 11) is 2.04. The van der Waals surface area contributed by atoms with Crippen molar-refractivity contribution in [2.45, 2.75) is 19.3 Å². The number of fused-ring (bicyclic) bond motifs is 1. The summed E-state index contributed by atoms with van der Waals surface area (Å²) in [4.78, 5) is 4.71. The molecule has 84 valence electrons. The Morgan fingerprint density at radius 1 is 1.38 bits per heavy atom. The average Bonchev–Trinajstić information content (AvgIpc) is 2.91. The molecule has 0 unspecified atom stereocenters. The van der Waals surface area contributed by atoms with Crippen molar-refractivity contribution in [3.05, 3.63) is 29.3 Å². The largest absolute Gasteiger partial charge is 0.319 e. The molecule has 1 fully saturated rings. The molecule has 0 amide bonds. The highest BCUT2D eigenvalue weighted by molar-refractivity contribution is 7.18. The number of rotatable bonds is 4. The normalized spacial score (nSPS) is 17.8.